The summed E-state index contributed by atoms with van der Waals surface area (Å²) in [6.45, 7) is 12.1. The Morgan fingerprint density at radius 3 is 1.22 bits per heavy atom. The Bertz CT molecular complexity index is 1250. The SMILES string of the molecule is CCOP(=O)(CCN1C(=O)c2ccccc2C1=O)OCC.CCOP(OCC)OCC.O=C1c2ccccc2C(=O)N1CCBr. The normalized spacial score (nSPS) is 13.8. The van der Waals surface area contributed by atoms with Crippen molar-refractivity contribution in [3.63, 3.8) is 0 Å². The summed E-state index contributed by atoms with van der Waals surface area (Å²) in [6.07, 6.45) is 0.000147. The molecule has 0 saturated carbocycles. The van der Waals surface area contributed by atoms with E-state index in [1.54, 1.807) is 62.4 Å². The maximum Gasteiger partial charge on any atom is 0.332 e. The Morgan fingerprint density at radius 2 is 0.933 bits per heavy atom. The van der Waals surface area contributed by atoms with Crippen LogP contribution in [0.2, 0.25) is 0 Å². The zero-order valence-electron chi connectivity index (χ0n) is 26.2. The van der Waals surface area contributed by atoms with Crippen LogP contribution < -0.4 is 0 Å². The fourth-order valence-electron chi connectivity index (χ4n) is 4.18. The molecule has 2 aliphatic rings. The summed E-state index contributed by atoms with van der Waals surface area (Å²) in [6, 6.07) is 13.5. The van der Waals surface area contributed by atoms with Crippen molar-refractivity contribution in [3.05, 3.63) is 70.8 Å². The van der Waals surface area contributed by atoms with Gasteiger partial charge in [0.05, 0.1) is 61.5 Å². The molecule has 15 heteroatoms. The maximum atomic E-state index is 12.4. The summed E-state index contributed by atoms with van der Waals surface area (Å²) in [5.41, 5.74) is 1.78. The molecule has 2 aromatic carbocycles. The third-order valence-electron chi connectivity index (χ3n) is 6.02. The van der Waals surface area contributed by atoms with Crippen molar-refractivity contribution in [3.8, 4) is 0 Å². The lowest BCUT2D eigenvalue weighted by atomic mass is 10.1. The zero-order chi connectivity index (χ0) is 33.4. The molecule has 0 unspecified atom stereocenters. The molecule has 2 aromatic rings. The molecule has 4 amide bonds. The smallest absolute Gasteiger partial charge is 0.313 e. The predicted octanol–water partition coefficient (Wildman–Crippen LogP) is 6.55. The van der Waals surface area contributed by atoms with Crippen LogP contribution in [-0.4, -0.2) is 91.0 Å². The average Bonchev–Trinajstić information content (AvgIpc) is 3.42. The van der Waals surface area contributed by atoms with Gasteiger partial charge in [0, 0.05) is 18.4 Å². The van der Waals surface area contributed by atoms with Gasteiger partial charge >= 0.3 is 16.2 Å². The molecule has 4 rings (SSSR count). The van der Waals surface area contributed by atoms with Gasteiger partial charge in [0.2, 0.25) is 0 Å². The molecule has 12 nitrogen and oxygen atoms in total. The molecule has 248 valence electrons. The van der Waals surface area contributed by atoms with E-state index < -0.39 is 16.2 Å². The van der Waals surface area contributed by atoms with E-state index in [2.05, 4.69) is 15.9 Å². The van der Waals surface area contributed by atoms with Crippen LogP contribution in [0.4, 0.5) is 0 Å². The van der Waals surface area contributed by atoms with Crippen LogP contribution in [0.25, 0.3) is 0 Å². The number of imide groups is 2. The highest BCUT2D eigenvalue weighted by Crippen LogP contribution is 2.48. The van der Waals surface area contributed by atoms with Gasteiger partial charge in [0.1, 0.15) is 0 Å². The maximum absolute atomic E-state index is 12.4. The first kappa shape index (κ1) is 38.8. The second-order valence-corrected chi connectivity index (χ2v) is 13.2. The van der Waals surface area contributed by atoms with Crippen molar-refractivity contribution in [1.82, 2.24) is 9.80 Å². The summed E-state index contributed by atoms with van der Waals surface area (Å²) in [7, 11) is -4.33. The molecular formula is C30H41BrN2O10P2. The van der Waals surface area contributed by atoms with E-state index in [-0.39, 0.29) is 49.5 Å². The van der Waals surface area contributed by atoms with Crippen molar-refractivity contribution < 1.29 is 46.4 Å². The van der Waals surface area contributed by atoms with Gasteiger partial charge in [-0.25, -0.2) is 0 Å². The fourth-order valence-corrected chi connectivity index (χ4v) is 6.95. The monoisotopic (exact) mass is 730 g/mol. The molecule has 0 aromatic heterocycles. The molecule has 45 heavy (non-hydrogen) atoms. The Balaban J connectivity index is 0.000000254. The molecule has 0 spiro atoms. The highest BCUT2D eigenvalue weighted by Gasteiger charge is 2.37. The van der Waals surface area contributed by atoms with Crippen LogP contribution in [0.1, 0.15) is 76.1 Å². The third-order valence-corrected chi connectivity index (χ3v) is 9.83. The largest absolute Gasteiger partial charge is 0.332 e. The van der Waals surface area contributed by atoms with Crippen molar-refractivity contribution in [2.45, 2.75) is 34.6 Å². The number of hydrogen-bond acceptors (Lipinski definition) is 10. The molecule has 0 aliphatic carbocycles. The number of halogens is 1. The molecule has 0 N–H and O–H groups in total. The standard InChI is InChI=1S/C14H18NO5P.C10H8BrNO2.C6H15O3P/c1-3-19-21(18,20-4-2)10-9-15-13(16)11-7-5-6-8-12(11)14(15)17;11-5-6-12-9(13)7-3-1-2-4-8(7)10(12)14;1-4-7-10(8-5-2)9-6-3/h5-8H,3-4,9-10H2,1-2H3;1-4H,5-6H2;4-6H2,1-3H3. The third kappa shape index (κ3) is 10.9. The first-order chi connectivity index (χ1) is 21.6. The topological polar surface area (TPSA) is 138 Å². The number of rotatable bonds is 15. The molecular weight excluding hydrogens is 690 g/mol. The number of amides is 4. The van der Waals surface area contributed by atoms with E-state index in [9.17, 15) is 23.7 Å². The lowest BCUT2D eigenvalue weighted by Crippen LogP contribution is -2.32. The van der Waals surface area contributed by atoms with E-state index in [4.69, 9.17) is 22.6 Å². The van der Waals surface area contributed by atoms with Crippen molar-refractivity contribution >= 4 is 55.8 Å². The van der Waals surface area contributed by atoms with Gasteiger partial charge in [0.25, 0.3) is 23.6 Å². The van der Waals surface area contributed by atoms with E-state index in [1.165, 1.54) is 4.90 Å². The van der Waals surface area contributed by atoms with Crippen molar-refractivity contribution in [1.29, 1.82) is 0 Å². The van der Waals surface area contributed by atoms with Crippen molar-refractivity contribution in [2.75, 3.05) is 57.6 Å². The van der Waals surface area contributed by atoms with Gasteiger partial charge in [-0.2, -0.15) is 0 Å². The molecule has 0 atom stereocenters. The van der Waals surface area contributed by atoms with Gasteiger partial charge in [-0.1, -0.05) is 40.2 Å². The first-order valence-corrected chi connectivity index (χ1v) is 18.6. The van der Waals surface area contributed by atoms with E-state index in [1.807, 2.05) is 20.8 Å². The molecule has 2 heterocycles. The second kappa shape index (κ2) is 20.0. The Hall–Kier alpha value is -2.34. The molecule has 0 bridgehead atoms. The van der Waals surface area contributed by atoms with E-state index >= 15 is 0 Å². The molecule has 2 aliphatic heterocycles. The lowest BCUT2D eigenvalue weighted by molar-refractivity contribution is 0.0647. The van der Waals surface area contributed by atoms with Gasteiger partial charge in [-0.05, 0) is 58.9 Å². The molecule has 0 fully saturated rings. The number of carbonyl (C=O) groups excluding carboxylic acids is 4. The lowest BCUT2D eigenvalue weighted by Gasteiger charge is -2.20. The van der Waals surface area contributed by atoms with Gasteiger partial charge in [-0.15, -0.1) is 0 Å². The highest BCUT2D eigenvalue weighted by molar-refractivity contribution is 9.09. The summed E-state index contributed by atoms with van der Waals surface area (Å²) in [5.74, 6) is -1.11. The number of nitrogens with zero attached hydrogens (tertiary/aromatic N) is 2. The summed E-state index contributed by atoms with van der Waals surface area (Å²) in [4.78, 5) is 50.1. The Kier molecular flexibility index (Phi) is 17.3. The summed E-state index contributed by atoms with van der Waals surface area (Å²) < 4.78 is 38.1. The number of carbonyl (C=O) groups is 4. The van der Waals surface area contributed by atoms with Crippen LogP contribution in [0.15, 0.2) is 48.5 Å². The van der Waals surface area contributed by atoms with Gasteiger partial charge in [0.15, 0.2) is 0 Å². The quantitative estimate of drug-likeness (QED) is 0.113. The van der Waals surface area contributed by atoms with E-state index in [0.717, 1.165) is 4.90 Å². The molecule has 0 saturated heterocycles. The minimum atomic E-state index is -3.27. The van der Waals surface area contributed by atoms with Crippen LogP contribution >= 0.6 is 32.1 Å². The van der Waals surface area contributed by atoms with Gasteiger partial charge < -0.3 is 22.6 Å². The molecule has 0 radical (unpaired) electrons. The number of benzene rings is 2. The van der Waals surface area contributed by atoms with Crippen LogP contribution in [-0.2, 0) is 27.2 Å². The Morgan fingerprint density at radius 1 is 0.600 bits per heavy atom. The first-order valence-electron chi connectivity index (χ1n) is 14.7. The van der Waals surface area contributed by atoms with Crippen LogP contribution in [0.3, 0.4) is 0 Å². The highest BCUT2D eigenvalue weighted by atomic mass is 79.9. The summed E-state index contributed by atoms with van der Waals surface area (Å²) in [5, 5.41) is 0.610. The minimum Gasteiger partial charge on any atom is -0.313 e. The van der Waals surface area contributed by atoms with Crippen molar-refractivity contribution in [2.24, 2.45) is 0 Å². The predicted molar refractivity (Wildman–Crippen MR) is 175 cm³/mol. The minimum absolute atomic E-state index is 0.000147. The second-order valence-electron chi connectivity index (χ2n) is 8.95. The van der Waals surface area contributed by atoms with Crippen LogP contribution in [0, 0.1) is 0 Å². The number of fused-ring (bicyclic) bond motifs is 2. The Labute approximate surface area is 274 Å². The van der Waals surface area contributed by atoms with E-state index in [0.29, 0.717) is 53.9 Å². The number of hydrogen-bond donors (Lipinski definition) is 0. The fraction of sp³-hybridized carbons (Fsp3) is 0.467. The summed E-state index contributed by atoms with van der Waals surface area (Å²) >= 11 is 3.21. The number of alkyl halides is 1. The zero-order valence-corrected chi connectivity index (χ0v) is 29.6. The average molecular weight is 732 g/mol. The van der Waals surface area contributed by atoms with Crippen LogP contribution in [0.5, 0.6) is 0 Å². The van der Waals surface area contributed by atoms with Gasteiger partial charge in [-0.3, -0.25) is 33.5 Å².